The number of aliphatic hydroxyl groups is 1. The van der Waals surface area contributed by atoms with Gasteiger partial charge in [-0.3, -0.25) is 15.0 Å². The maximum atomic E-state index is 14.5. The zero-order valence-electron chi connectivity index (χ0n) is 34.5. The van der Waals surface area contributed by atoms with Crippen molar-refractivity contribution in [3.63, 3.8) is 0 Å². The Morgan fingerprint density at radius 1 is 0.912 bits per heavy atom. The smallest absolute Gasteiger partial charge is 0.407 e. The summed E-state index contributed by atoms with van der Waals surface area (Å²) in [7, 11) is 4.40. The fraction of sp³-hybridized carbons (Fsp3) is 0.537. The van der Waals surface area contributed by atoms with Gasteiger partial charge in [-0.05, 0) is 40.5 Å². The molecular formula is C41H59N7O8S. The number of rotatable bonds is 18. The molecular weight excluding hydrogens is 751 g/mol. The minimum absolute atomic E-state index is 0.111. The quantitative estimate of drug-likeness (QED) is 0.135. The van der Waals surface area contributed by atoms with Gasteiger partial charge in [0.2, 0.25) is 5.91 Å². The van der Waals surface area contributed by atoms with Crippen LogP contribution < -0.4 is 20.8 Å². The highest BCUT2D eigenvalue weighted by Crippen LogP contribution is 2.29. The normalized spacial score (nSPS) is 15.5. The average molecular weight is 810 g/mol. The van der Waals surface area contributed by atoms with Gasteiger partial charge in [-0.1, -0.05) is 84.0 Å². The van der Waals surface area contributed by atoms with Crippen LogP contribution in [-0.2, 0) is 45.2 Å². The SMILES string of the molecule is COCc1nc(CN2CCN(C(C(=O)NC(Cc3ccccc3)C(O)CN(Cc3ccc(OC)cc3)NC(=O)C(NC(=O)OC)C(C)(C)C)C(C)(C)C)C2=O)cs1. The Kier molecular flexibility index (Phi) is 15.8. The van der Waals surface area contributed by atoms with E-state index in [1.165, 1.54) is 18.4 Å². The summed E-state index contributed by atoms with van der Waals surface area (Å²) in [5, 5.41) is 22.1. The summed E-state index contributed by atoms with van der Waals surface area (Å²) in [5.74, 6) is -0.272. The molecule has 5 amide bonds. The number of amides is 5. The number of methoxy groups -OCH3 is 3. The van der Waals surface area contributed by atoms with Crippen LogP contribution in [0, 0.1) is 10.8 Å². The third-order valence-electron chi connectivity index (χ3n) is 9.60. The van der Waals surface area contributed by atoms with Crippen molar-refractivity contribution in [2.45, 2.75) is 91.9 Å². The van der Waals surface area contributed by atoms with Gasteiger partial charge in [-0.25, -0.2) is 19.6 Å². The Morgan fingerprint density at radius 2 is 1.60 bits per heavy atom. The number of hydrazine groups is 1. The molecule has 0 saturated carbocycles. The average Bonchev–Trinajstić information content (AvgIpc) is 3.75. The van der Waals surface area contributed by atoms with Crippen LogP contribution in [0.3, 0.4) is 0 Å². The Bertz CT molecular complexity index is 1780. The number of hydrogen-bond acceptors (Lipinski definition) is 11. The third kappa shape index (κ3) is 12.9. The van der Waals surface area contributed by atoms with Crippen molar-refractivity contribution in [3.8, 4) is 5.75 Å². The van der Waals surface area contributed by atoms with Crippen LogP contribution >= 0.6 is 11.3 Å². The fourth-order valence-corrected chi connectivity index (χ4v) is 7.49. The summed E-state index contributed by atoms with van der Waals surface area (Å²) in [6.45, 7) is 12.7. The number of urea groups is 1. The van der Waals surface area contributed by atoms with Crippen molar-refractivity contribution in [2.75, 3.05) is 41.0 Å². The Labute approximate surface area is 340 Å². The van der Waals surface area contributed by atoms with Crippen LogP contribution in [0.25, 0.3) is 0 Å². The number of nitrogens with zero attached hydrogens (tertiary/aromatic N) is 4. The van der Waals surface area contributed by atoms with Gasteiger partial charge in [0.15, 0.2) is 0 Å². The van der Waals surface area contributed by atoms with Crippen molar-refractivity contribution >= 4 is 35.3 Å². The van der Waals surface area contributed by atoms with Crippen molar-refractivity contribution in [3.05, 3.63) is 81.8 Å². The summed E-state index contributed by atoms with van der Waals surface area (Å²) in [4.78, 5) is 62.4. The van der Waals surface area contributed by atoms with E-state index in [4.69, 9.17) is 14.2 Å². The number of carbonyl (C=O) groups excluding carboxylic acids is 4. The molecule has 1 aliphatic rings. The van der Waals surface area contributed by atoms with Crippen LogP contribution in [0.2, 0.25) is 0 Å². The van der Waals surface area contributed by atoms with Gasteiger partial charge >= 0.3 is 12.1 Å². The van der Waals surface area contributed by atoms with E-state index in [2.05, 4.69) is 21.0 Å². The number of hydrogen-bond donors (Lipinski definition) is 4. The topological polar surface area (TPSA) is 175 Å². The zero-order valence-corrected chi connectivity index (χ0v) is 35.4. The monoisotopic (exact) mass is 809 g/mol. The van der Waals surface area contributed by atoms with Gasteiger partial charge in [0.25, 0.3) is 5.91 Å². The summed E-state index contributed by atoms with van der Waals surface area (Å²) in [6.07, 6.45) is -1.71. The van der Waals surface area contributed by atoms with Gasteiger partial charge < -0.3 is 39.8 Å². The Hall–Kier alpha value is -4.77. The van der Waals surface area contributed by atoms with E-state index in [1.54, 1.807) is 41.2 Å². The highest BCUT2D eigenvalue weighted by atomic mass is 32.1. The minimum Gasteiger partial charge on any atom is -0.497 e. The summed E-state index contributed by atoms with van der Waals surface area (Å²) in [6, 6.07) is 13.8. The van der Waals surface area contributed by atoms with E-state index in [9.17, 15) is 24.3 Å². The number of carbonyl (C=O) groups is 4. The molecule has 1 fully saturated rings. The number of ether oxygens (including phenoxy) is 3. The molecule has 57 heavy (non-hydrogen) atoms. The summed E-state index contributed by atoms with van der Waals surface area (Å²) < 4.78 is 15.3. The van der Waals surface area contributed by atoms with Crippen LogP contribution in [0.5, 0.6) is 5.75 Å². The van der Waals surface area contributed by atoms with Crippen LogP contribution in [0.4, 0.5) is 9.59 Å². The van der Waals surface area contributed by atoms with Gasteiger partial charge in [0, 0.05) is 38.7 Å². The molecule has 0 spiro atoms. The highest BCUT2D eigenvalue weighted by molar-refractivity contribution is 7.09. The second-order valence-corrected chi connectivity index (χ2v) is 17.3. The lowest BCUT2D eigenvalue weighted by Crippen LogP contribution is -2.61. The molecule has 312 valence electrons. The van der Waals surface area contributed by atoms with Gasteiger partial charge in [-0.2, -0.15) is 0 Å². The predicted molar refractivity (Wildman–Crippen MR) is 217 cm³/mol. The molecule has 2 heterocycles. The van der Waals surface area contributed by atoms with Gasteiger partial charge in [0.05, 0.1) is 45.2 Å². The molecule has 1 aromatic heterocycles. The second-order valence-electron chi connectivity index (χ2n) is 16.3. The Morgan fingerprint density at radius 3 is 2.19 bits per heavy atom. The first-order chi connectivity index (χ1) is 26.9. The maximum absolute atomic E-state index is 14.5. The minimum atomic E-state index is -1.22. The molecule has 15 nitrogen and oxygen atoms in total. The van der Waals surface area contributed by atoms with E-state index < -0.39 is 53.0 Å². The van der Waals surface area contributed by atoms with Crippen molar-refractivity contribution in [2.24, 2.45) is 10.8 Å². The van der Waals surface area contributed by atoms with Gasteiger partial charge in [0.1, 0.15) is 22.8 Å². The molecule has 1 aliphatic heterocycles. The molecule has 4 rings (SSSR count). The zero-order chi connectivity index (χ0) is 41.9. The maximum Gasteiger partial charge on any atom is 0.407 e. The molecule has 1 saturated heterocycles. The molecule has 3 aromatic rings. The van der Waals surface area contributed by atoms with Crippen LogP contribution in [-0.4, -0.2) is 114 Å². The molecule has 16 heteroatoms. The third-order valence-corrected chi connectivity index (χ3v) is 10.5. The van der Waals surface area contributed by atoms with E-state index in [-0.39, 0.29) is 25.5 Å². The number of aliphatic hydroxyl groups excluding tert-OH is 1. The number of benzene rings is 2. The first kappa shape index (κ1) is 44.9. The Balaban J connectivity index is 1.60. The molecule has 4 N–H and O–H groups in total. The number of alkyl carbamates (subject to hydrolysis) is 1. The second kappa shape index (κ2) is 20.1. The van der Waals surface area contributed by atoms with E-state index >= 15 is 0 Å². The number of thiazole rings is 1. The number of aromatic nitrogens is 1. The molecule has 0 bridgehead atoms. The van der Waals surface area contributed by atoms with Gasteiger partial charge in [-0.15, -0.1) is 11.3 Å². The van der Waals surface area contributed by atoms with E-state index in [0.29, 0.717) is 32.0 Å². The van der Waals surface area contributed by atoms with Crippen LogP contribution in [0.1, 0.15) is 63.4 Å². The first-order valence-electron chi connectivity index (χ1n) is 19.0. The lowest BCUT2D eigenvalue weighted by molar-refractivity contribution is -0.133. The number of nitrogens with one attached hydrogen (secondary N) is 3. The van der Waals surface area contributed by atoms with E-state index in [0.717, 1.165) is 21.8 Å². The van der Waals surface area contributed by atoms with Crippen molar-refractivity contribution < 1.29 is 38.5 Å². The standard InChI is InChI=1S/C41H59N7O8S/c1-40(2,3)34(44-38(52)56-9)36(50)45-47(22-28-15-17-30(55-8)18-16-28)24-32(49)31(21-27-13-11-10-12-14-27)43-37(51)35(41(4,5)6)48-20-19-46(39(48)53)23-29-26-57-33(42-29)25-54-7/h10-18,26,31-32,34-35,49H,19-25H2,1-9H3,(H,43,51)(H,44,52)(H,45,50). The highest BCUT2D eigenvalue weighted by Gasteiger charge is 2.44. The van der Waals surface area contributed by atoms with Crippen LogP contribution in [0.15, 0.2) is 60.0 Å². The predicted octanol–water partition coefficient (Wildman–Crippen LogP) is 4.34. The summed E-state index contributed by atoms with van der Waals surface area (Å²) >= 11 is 1.47. The lowest BCUT2D eigenvalue weighted by Gasteiger charge is -2.38. The lowest BCUT2D eigenvalue weighted by atomic mass is 9.84. The largest absolute Gasteiger partial charge is 0.497 e. The van der Waals surface area contributed by atoms with Crippen molar-refractivity contribution in [1.82, 2.24) is 35.9 Å². The molecule has 4 unspecified atom stereocenters. The fourth-order valence-electron chi connectivity index (χ4n) is 6.74. The molecule has 0 aliphatic carbocycles. The molecule has 2 aromatic carbocycles. The van der Waals surface area contributed by atoms with Crippen molar-refractivity contribution in [1.29, 1.82) is 0 Å². The summed E-state index contributed by atoms with van der Waals surface area (Å²) in [5.41, 5.74) is 3.97. The molecule has 0 radical (unpaired) electrons. The first-order valence-corrected chi connectivity index (χ1v) is 19.8. The molecule has 4 atom stereocenters. The van der Waals surface area contributed by atoms with E-state index in [1.807, 2.05) is 89.4 Å².